The molecule has 0 spiro atoms. The van der Waals surface area contributed by atoms with Crippen molar-refractivity contribution in [2.45, 2.75) is 91.4 Å². The molecule has 5 N–H and O–H groups in total. The number of nitrogens with one attached hydrogen (secondary N) is 2. The number of aliphatic carboxylic acids is 1. The molecule has 5 unspecified atom stereocenters. The number of nitrogens with two attached hydrogens (primary N) is 1. The number of carboxylic acid groups (broad SMARTS) is 1. The third kappa shape index (κ3) is 7.48. The summed E-state index contributed by atoms with van der Waals surface area (Å²) in [6.07, 6.45) is 2.06. The monoisotopic (exact) mass is 440 g/mol. The van der Waals surface area contributed by atoms with Gasteiger partial charge in [-0.3, -0.25) is 14.4 Å². The van der Waals surface area contributed by atoms with Gasteiger partial charge in [0.05, 0.1) is 6.04 Å². The van der Waals surface area contributed by atoms with Gasteiger partial charge in [-0.05, 0) is 37.0 Å². The van der Waals surface area contributed by atoms with Crippen molar-refractivity contribution in [2.24, 2.45) is 23.5 Å². The Bertz CT molecular complexity index is 652. The SMILES string of the molecule is CCC(C)C(NC(=O)C(N)C(C)C)C(=O)N1CCCC1C(=O)NC(CC(C)C)C(=O)O. The number of carbonyl (C=O) groups excluding carboxylic acids is 3. The highest BCUT2D eigenvalue weighted by atomic mass is 16.4. The number of hydrogen-bond acceptors (Lipinski definition) is 5. The van der Waals surface area contributed by atoms with Gasteiger partial charge in [-0.2, -0.15) is 0 Å². The van der Waals surface area contributed by atoms with Gasteiger partial charge in [0, 0.05) is 6.54 Å². The normalized spacial score (nSPS) is 20.3. The minimum atomic E-state index is -1.09. The lowest BCUT2D eigenvalue weighted by Crippen LogP contribution is -2.58. The number of likely N-dealkylation sites (tertiary alicyclic amines) is 1. The van der Waals surface area contributed by atoms with Gasteiger partial charge in [0.1, 0.15) is 18.1 Å². The third-order valence-corrected chi connectivity index (χ3v) is 5.96. The van der Waals surface area contributed by atoms with Crippen LogP contribution in [0, 0.1) is 17.8 Å². The van der Waals surface area contributed by atoms with Crippen LogP contribution in [0.3, 0.4) is 0 Å². The fourth-order valence-electron chi connectivity index (χ4n) is 3.68. The van der Waals surface area contributed by atoms with Gasteiger partial charge >= 0.3 is 5.97 Å². The molecule has 9 nitrogen and oxygen atoms in total. The summed E-state index contributed by atoms with van der Waals surface area (Å²) in [5, 5.41) is 14.8. The molecule has 0 aromatic carbocycles. The minimum Gasteiger partial charge on any atom is -0.480 e. The summed E-state index contributed by atoms with van der Waals surface area (Å²) in [7, 11) is 0. The Hall–Kier alpha value is -2.16. The molecule has 5 atom stereocenters. The average Bonchev–Trinajstić information content (AvgIpc) is 3.19. The van der Waals surface area contributed by atoms with Crippen molar-refractivity contribution in [2.75, 3.05) is 6.54 Å². The molecule has 0 radical (unpaired) electrons. The summed E-state index contributed by atoms with van der Waals surface area (Å²) in [5.74, 6) is -2.40. The van der Waals surface area contributed by atoms with Crippen LogP contribution in [0.1, 0.15) is 67.2 Å². The van der Waals surface area contributed by atoms with E-state index in [0.717, 1.165) is 0 Å². The Balaban J connectivity index is 2.99. The summed E-state index contributed by atoms with van der Waals surface area (Å²) >= 11 is 0. The highest BCUT2D eigenvalue weighted by molar-refractivity contribution is 5.94. The van der Waals surface area contributed by atoms with Gasteiger partial charge in [0.2, 0.25) is 17.7 Å². The molecule has 0 aromatic heterocycles. The van der Waals surface area contributed by atoms with E-state index >= 15 is 0 Å². The molecule has 0 aromatic rings. The molecular weight excluding hydrogens is 400 g/mol. The van der Waals surface area contributed by atoms with E-state index in [4.69, 9.17) is 5.73 Å². The molecule has 1 aliphatic rings. The predicted octanol–water partition coefficient (Wildman–Crippen LogP) is 1.11. The molecule has 0 bridgehead atoms. The lowest BCUT2D eigenvalue weighted by Gasteiger charge is -2.32. The molecule has 9 heteroatoms. The van der Waals surface area contributed by atoms with Crippen molar-refractivity contribution in [3.63, 3.8) is 0 Å². The zero-order valence-electron chi connectivity index (χ0n) is 19.7. The Morgan fingerprint density at radius 1 is 1.10 bits per heavy atom. The smallest absolute Gasteiger partial charge is 0.326 e. The van der Waals surface area contributed by atoms with Gasteiger partial charge in [0.25, 0.3) is 0 Å². The number of amides is 3. The summed E-state index contributed by atoms with van der Waals surface area (Å²) in [6.45, 7) is 11.6. The first-order valence-electron chi connectivity index (χ1n) is 11.3. The molecule has 31 heavy (non-hydrogen) atoms. The van der Waals surface area contributed by atoms with Crippen LogP contribution in [0.2, 0.25) is 0 Å². The van der Waals surface area contributed by atoms with Crippen LogP contribution in [0.25, 0.3) is 0 Å². The van der Waals surface area contributed by atoms with E-state index in [0.29, 0.717) is 32.2 Å². The predicted molar refractivity (Wildman–Crippen MR) is 118 cm³/mol. The second kappa shape index (κ2) is 12.0. The fraction of sp³-hybridized carbons (Fsp3) is 0.818. The van der Waals surface area contributed by atoms with E-state index < -0.39 is 42.0 Å². The highest BCUT2D eigenvalue weighted by Gasteiger charge is 2.40. The fourth-order valence-corrected chi connectivity index (χ4v) is 3.68. The van der Waals surface area contributed by atoms with Crippen LogP contribution >= 0.6 is 0 Å². The topological polar surface area (TPSA) is 142 Å². The quantitative estimate of drug-likeness (QED) is 0.379. The largest absolute Gasteiger partial charge is 0.480 e. The maximum Gasteiger partial charge on any atom is 0.326 e. The number of hydrogen-bond donors (Lipinski definition) is 4. The Morgan fingerprint density at radius 3 is 2.19 bits per heavy atom. The Morgan fingerprint density at radius 2 is 1.71 bits per heavy atom. The summed E-state index contributed by atoms with van der Waals surface area (Å²) in [5.41, 5.74) is 5.95. The first-order valence-corrected chi connectivity index (χ1v) is 11.3. The number of carbonyl (C=O) groups is 4. The summed E-state index contributed by atoms with van der Waals surface area (Å²) in [4.78, 5) is 51.7. The third-order valence-electron chi connectivity index (χ3n) is 5.96. The van der Waals surface area contributed by atoms with Crippen molar-refractivity contribution in [1.29, 1.82) is 0 Å². The van der Waals surface area contributed by atoms with E-state index in [1.54, 1.807) is 0 Å². The van der Waals surface area contributed by atoms with Crippen LogP contribution in [0.4, 0.5) is 0 Å². The van der Waals surface area contributed by atoms with Crippen molar-refractivity contribution >= 4 is 23.7 Å². The molecule has 178 valence electrons. The maximum absolute atomic E-state index is 13.4. The highest BCUT2D eigenvalue weighted by Crippen LogP contribution is 2.22. The summed E-state index contributed by atoms with van der Waals surface area (Å²) < 4.78 is 0. The van der Waals surface area contributed by atoms with Crippen LogP contribution < -0.4 is 16.4 Å². The lowest BCUT2D eigenvalue weighted by molar-refractivity contribution is -0.145. The second-order valence-electron chi connectivity index (χ2n) is 9.36. The van der Waals surface area contributed by atoms with Gasteiger partial charge in [-0.15, -0.1) is 0 Å². The Labute approximate surface area is 185 Å². The first kappa shape index (κ1) is 26.9. The van der Waals surface area contributed by atoms with Crippen molar-refractivity contribution < 1.29 is 24.3 Å². The second-order valence-corrected chi connectivity index (χ2v) is 9.36. The molecule has 0 saturated carbocycles. The van der Waals surface area contributed by atoms with Crippen LogP contribution in [0.5, 0.6) is 0 Å². The van der Waals surface area contributed by atoms with E-state index in [-0.39, 0.29) is 23.7 Å². The van der Waals surface area contributed by atoms with Crippen molar-refractivity contribution in [3.8, 4) is 0 Å². The van der Waals surface area contributed by atoms with Crippen molar-refractivity contribution in [1.82, 2.24) is 15.5 Å². The first-order chi connectivity index (χ1) is 14.4. The maximum atomic E-state index is 13.4. The van der Waals surface area contributed by atoms with Gasteiger partial charge < -0.3 is 26.4 Å². The van der Waals surface area contributed by atoms with Crippen LogP contribution in [0.15, 0.2) is 0 Å². The summed E-state index contributed by atoms with van der Waals surface area (Å²) in [6, 6.07) is -3.27. The molecular formula is C22H40N4O5. The van der Waals surface area contributed by atoms with Gasteiger partial charge in [-0.25, -0.2) is 4.79 Å². The van der Waals surface area contributed by atoms with E-state index in [1.807, 2.05) is 41.5 Å². The number of carboxylic acids is 1. The Kier molecular flexibility index (Phi) is 10.4. The van der Waals surface area contributed by atoms with Gasteiger partial charge in [-0.1, -0.05) is 48.0 Å². The van der Waals surface area contributed by atoms with Crippen LogP contribution in [-0.2, 0) is 19.2 Å². The lowest BCUT2D eigenvalue weighted by atomic mass is 9.96. The molecule has 1 saturated heterocycles. The zero-order valence-corrected chi connectivity index (χ0v) is 19.7. The van der Waals surface area contributed by atoms with Gasteiger partial charge in [0.15, 0.2) is 0 Å². The molecule has 1 aliphatic heterocycles. The molecule has 1 rings (SSSR count). The standard InChI is InChI=1S/C22H40N4O5/c1-7-14(6)18(25-20(28)17(23)13(4)5)21(29)26-10-8-9-16(26)19(27)24-15(22(30)31)11-12(2)3/h12-18H,7-11,23H2,1-6H3,(H,24,27)(H,25,28)(H,30,31). The van der Waals surface area contributed by atoms with E-state index in [2.05, 4.69) is 10.6 Å². The van der Waals surface area contributed by atoms with E-state index in [9.17, 15) is 24.3 Å². The van der Waals surface area contributed by atoms with Crippen LogP contribution in [-0.4, -0.2) is 64.4 Å². The molecule has 0 aliphatic carbocycles. The number of rotatable bonds is 11. The molecule has 1 fully saturated rings. The van der Waals surface area contributed by atoms with Crippen molar-refractivity contribution in [3.05, 3.63) is 0 Å². The minimum absolute atomic E-state index is 0.0769. The number of nitrogens with zero attached hydrogens (tertiary/aromatic N) is 1. The molecule has 3 amide bonds. The average molecular weight is 441 g/mol. The zero-order chi connectivity index (χ0) is 23.9. The molecule has 1 heterocycles. The van der Waals surface area contributed by atoms with E-state index in [1.165, 1.54) is 4.90 Å².